The number of rotatable bonds is 1. The molecule has 2 rings (SSSR count). The number of fused-ring (bicyclic) bond motifs is 1. The predicted octanol–water partition coefficient (Wildman–Crippen LogP) is 1.25. The van der Waals surface area contributed by atoms with Crippen LogP contribution in [-0.4, -0.2) is 22.6 Å². The Kier molecular flexibility index (Phi) is 1.71. The van der Waals surface area contributed by atoms with Gasteiger partial charge >= 0.3 is 0 Å². The number of aromatic nitrogens is 2. The molecule has 12 heavy (non-hydrogen) atoms. The van der Waals surface area contributed by atoms with Gasteiger partial charge in [-0.25, -0.2) is 9.97 Å². The van der Waals surface area contributed by atoms with Crippen LogP contribution in [-0.2, 0) is 6.42 Å². The van der Waals surface area contributed by atoms with E-state index in [2.05, 4.69) is 28.7 Å². The van der Waals surface area contributed by atoms with Crippen molar-refractivity contribution in [2.24, 2.45) is 0 Å². The smallest absolute Gasteiger partial charge is 0.115 e. The molecule has 0 aliphatic carbocycles. The molecular formula is C9H13N3. The predicted molar refractivity (Wildman–Crippen MR) is 48.2 cm³/mol. The van der Waals surface area contributed by atoms with Crippen LogP contribution in [0.15, 0.2) is 12.5 Å². The van der Waals surface area contributed by atoms with E-state index in [1.165, 1.54) is 11.4 Å². The molecule has 3 heteroatoms. The molecule has 0 radical (unpaired) electrons. The van der Waals surface area contributed by atoms with E-state index < -0.39 is 0 Å². The van der Waals surface area contributed by atoms with Crippen LogP contribution in [0, 0.1) is 0 Å². The summed E-state index contributed by atoms with van der Waals surface area (Å²) < 4.78 is 0. The average molecular weight is 163 g/mol. The molecule has 0 N–H and O–H groups in total. The van der Waals surface area contributed by atoms with Crippen LogP contribution in [0.5, 0.6) is 0 Å². The number of hydrogen-bond donors (Lipinski definition) is 0. The zero-order chi connectivity index (χ0) is 8.55. The summed E-state index contributed by atoms with van der Waals surface area (Å²) in [4.78, 5) is 10.6. The van der Waals surface area contributed by atoms with E-state index in [9.17, 15) is 0 Å². The summed E-state index contributed by atoms with van der Waals surface area (Å²) in [6.45, 7) is 5.48. The zero-order valence-electron chi connectivity index (χ0n) is 7.49. The Balaban J connectivity index is 2.36. The quantitative estimate of drug-likeness (QED) is 0.624. The molecule has 0 bridgehead atoms. The third kappa shape index (κ3) is 1.05. The van der Waals surface area contributed by atoms with Crippen molar-refractivity contribution < 1.29 is 0 Å². The molecule has 1 aliphatic rings. The Hall–Kier alpha value is -1.12. The van der Waals surface area contributed by atoms with Gasteiger partial charge in [0.15, 0.2) is 0 Å². The molecule has 1 aliphatic heterocycles. The Morgan fingerprint density at radius 3 is 3.08 bits per heavy atom. The summed E-state index contributed by atoms with van der Waals surface area (Å²) >= 11 is 0. The Labute approximate surface area is 72.4 Å². The van der Waals surface area contributed by atoms with Gasteiger partial charge in [-0.05, 0) is 13.8 Å². The van der Waals surface area contributed by atoms with Gasteiger partial charge in [0.25, 0.3) is 0 Å². The van der Waals surface area contributed by atoms with Gasteiger partial charge in [-0.15, -0.1) is 0 Å². The maximum Gasteiger partial charge on any atom is 0.115 e. The Morgan fingerprint density at radius 2 is 2.33 bits per heavy atom. The Morgan fingerprint density at radius 1 is 1.50 bits per heavy atom. The molecule has 0 saturated heterocycles. The zero-order valence-corrected chi connectivity index (χ0v) is 7.49. The lowest BCUT2D eigenvalue weighted by Gasteiger charge is -2.22. The first-order valence-electron chi connectivity index (χ1n) is 4.34. The Bertz CT molecular complexity index is 283. The first-order valence-corrected chi connectivity index (χ1v) is 4.34. The van der Waals surface area contributed by atoms with E-state index in [-0.39, 0.29) is 0 Å². The highest BCUT2D eigenvalue weighted by atomic mass is 15.2. The number of anilines is 1. The number of hydrogen-bond acceptors (Lipinski definition) is 3. The molecule has 0 atom stereocenters. The van der Waals surface area contributed by atoms with E-state index in [0.29, 0.717) is 6.04 Å². The maximum absolute atomic E-state index is 4.24. The first-order chi connectivity index (χ1) is 5.79. The van der Waals surface area contributed by atoms with Gasteiger partial charge in [-0.1, -0.05) is 0 Å². The summed E-state index contributed by atoms with van der Waals surface area (Å²) in [5.41, 5.74) is 2.41. The molecule has 0 aromatic carbocycles. The SMILES string of the molecule is CC(C)N1CCc2ncncc21. The van der Waals surface area contributed by atoms with E-state index in [1.807, 2.05) is 6.20 Å². The van der Waals surface area contributed by atoms with Crippen LogP contribution < -0.4 is 4.90 Å². The summed E-state index contributed by atoms with van der Waals surface area (Å²) in [5.74, 6) is 0. The molecule has 3 nitrogen and oxygen atoms in total. The van der Waals surface area contributed by atoms with Crippen molar-refractivity contribution in [2.75, 3.05) is 11.4 Å². The maximum atomic E-state index is 4.24. The van der Waals surface area contributed by atoms with Gasteiger partial charge in [-0.2, -0.15) is 0 Å². The van der Waals surface area contributed by atoms with Crippen LogP contribution in [0.4, 0.5) is 5.69 Å². The highest BCUT2D eigenvalue weighted by Gasteiger charge is 2.21. The standard InChI is InChI=1S/C9H13N3/c1-7(2)12-4-3-8-9(12)5-10-6-11-8/h5-7H,3-4H2,1-2H3. The average Bonchev–Trinajstić information content (AvgIpc) is 2.47. The third-order valence-corrected chi connectivity index (χ3v) is 2.30. The van der Waals surface area contributed by atoms with Crippen LogP contribution in [0.25, 0.3) is 0 Å². The van der Waals surface area contributed by atoms with Crippen LogP contribution in [0.2, 0.25) is 0 Å². The molecule has 0 saturated carbocycles. The van der Waals surface area contributed by atoms with E-state index >= 15 is 0 Å². The van der Waals surface area contributed by atoms with E-state index in [0.717, 1.165) is 13.0 Å². The van der Waals surface area contributed by atoms with Crippen LogP contribution in [0.1, 0.15) is 19.5 Å². The third-order valence-electron chi connectivity index (χ3n) is 2.30. The summed E-state index contributed by atoms with van der Waals surface area (Å²) in [5, 5.41) is 0. The second kappa shape index (κ2) is 2.73. The van der Waals surface area contributed by atoms with Crippen molar-refractivity contribution in [1.82, 2.24) is 9.97 Å². The topological polar surface area (TPSA) is 29.0 Å². The van der Waals surface area contributed by atoms with E-state index in [1.54, 1.807) is 6.33 Å². The fourth-order valence-electron chi connectivity index (χ4n) is 1.66. The molecule has 64 valence electrons. The molecule has 2 heterocycles. The molecule has 0 spiro atoms. The highest BCUT2D eigenvalue weighted by molar-refractivity contribution is 5.53. The van der Waals surface area contributed by atoms with Gasteiger partial charge in [0.2, 0.25) is 0 Å². The second-order valence-corrected chi connectivity index (χ2v) is 3.39. The van der Waals surface area contributed by atoms with Crippen molar-refractivity contribution in [3.05, 3.63) is 18.2 Å². The molecular weight excluding hydrogens is 150 g/mol. The summed E-state index contributed by atoms with van der Waals surface area (Å²) in [7, 11) is 0. The minimum absolute atomic E-state index is 0.553. The van der Waals surface area contributed by atoms with Crippen molar-refractivity contribution in [2.45, 2.75) is 26.3 Å². The monoisotopic (exact) mass is 163 g/mol. The normalized spacial score (nSPS) is 15.4. The van der Waals surface area contributed by atoms with Crippen molar-refractivity contribution in [3.63, 3.8) is 0 Å². The fraction of sp³-hybridized carbons (Fsp3) is 0.556. The molecule has 1 aromatic rings. The molecule has 1 aromatic heterocycles. The highest BCUT2D eigenvalue weighted by Crippen LogP contribution is 2.25. The van der Waals surface area contributed by atoms with Gasteiger partial charge in [0, 0.05) is 19.0 Å². The van der Waals surface area contributed by atoms with Crippen molar-refractivity contribution in [1.29, 1.82) is 0 Å². The minimum Gasteiger partial charge on any atom is -0.366 e. The van der Waals surface area contributed by atoms with Crippen molar-refractivity contribution in [3.8, 4) is 0 Å². The first kappa shape index (κ1) is 7.53. The van der Waals surface area contributed by atoms with Gasteiger partial charge in [0.05, 0.1) is 17.6 Å². The lowest BCUT2D eigenvalue weighted by atomic mass is 10.3. The fourth-order valence-corrected chi connectivity index (χ4v) is 1.66. The van der Waals surface area contributed by atoms with E-state index in [4.69, 9.17) is 0 Å². The largest absolute Gasteiger partial charge is 0.366 e. The minimum atomic E-state index is 0.553. The van der Waals surface area contributed by atoms with Crippen molar-refractivity contribution >= 4 is 5.69 Å². The summed E-state index contributed by atoms with van der Waals surface area (Å²) in [6, 6.07) is 0.553. The van der Waals surface area contributed by atoms with Gasteiger partial charge < -0.3 is 4.90 Å². The number of nitrogens with zero attached hydrogens (tertiary/aromatic N) is 3. The lowest BCUT2D eigenvalue weighted by molar-refractivity contribution is 0.709. The van der Waals surface area contributed by atoms with Crippen LogP contribution >= 0.6 is 0 Å². The second-order valence-electron chi connectivity index (χ2n) is 3.39. The van der Waals surface area contributed by atoms with Gasteiger partial charge in [0.1, 0.15) is 6.33 Å². The van der Waals surface area contributed by atoms with Crippen LogP contribution in [0.3, 0.4) is 0 Å². The lowest BCUT2D eigenvalue weighted by Crippen LogP contribution is -2.28. The molecule has 0 fully saturated rings. The molecule has 0 amide bonds. The van der Waals surface area contributed by atoms with Gasteiger partial charge in [-0.3, -0.25) is 0 Å². The molecule has 0 unspecified atom stereocenters. The summed E-state index contributed by atoms with van der Waals surface area (Å²) in [6.07, 6.45) is 4.61.